The zero-order chi connectivity index (χ0) is 28.5. The summed E-state index contributed by atoms with van der Waals surface area (Å²) < 4.78 is 22.7. The maximum absolute atomic E-state index is 13.4. The summed E-state index contributed by atoms with van der Waals surface area (Å²) in [4.78, 5) is 28.1. The van der Waals surface area contributed by atoms with Gasteiger partial charge in [-0.25, -0.2) is 0 Å². The molecule has 2 aromatic carbocycles. The summed E-state index contributed by atoms with van der Waals surface area (Å²) in [6, 6.07) is 14.8. The van der Waals surface area contributed by atoms with Crippen LogP contribution >= 0.6 is 0 Å². The fourth-order valence-electron chi connectivity index (χ4n) is 4.67. The Bertz CT molecular complexity index is 1310. The summed E-state index contributed by atoms with van der Waals surface area (Å²) in [7, 11) is 1.54. The van der Waals surface area contributed by atoms with Crippen LogP contribution in [-0.2, 0) is 16.1 Å². The highest BCUT2D eigenvalue weighted by atomic mass is 16.5. The molecule has 1 aromatic heterocycles. The Labute approximate surface area is 235 Å². The van der Waals surface area contributed by atoms with Crippen LogP contribution in [-0.4, -0.2) is 42.0 Å². The molecule has 40 heavy (non-hydrogen) atoms. The summed E-state index contributed by atoms with van der Waals surface area (Å²) in [6.45, 7) is 5.43. The van der Waals surface area contributed by atoms with Gasteiger partial charge in [-0.05, 0) is 66.9 Å². The predicted molar refractivity (Wildman–Crippen MR) is 151 cm³/mol. The van der Waals surface area contributed by atoms with E-state index >= 15 is 0 Å². The van der Waals surface area contributed by atoms with Crippen LogP contribution in [0.2, 0.25) is 0 Å². The normalized spacial score (nSPS) is 16.4. The van der Waals surface area contributed by atoms with Gasteiger partial charge < -0.3 is 28.6 Å². The number of amides is 1. The standard InChI is InChI=1S/C32H37NO7/c1-4-6-8-18-40-26-16-13-23(20-27(26)37-3)29-28(31(35)32(36)33(29)21-25-10-9-19-39-25)30(34)22-11-14-24(15-12-22)38-17-7-5-2/h9-16,19-20,29,34H,4-8,17-18,21H2,1-3H3/b30-28-. The molecule has 212 valence electrons. The first-order chi connectivity index (χ1) is 19.5. The van der Waals surface area contributed by atoms with Crippen LogP contribution in [0, 0.1) is 0 Å². The monoisotopic (exact) mass is 547 g/mol. The number of carbonyl (C=O) groups is 2. The lowest BCUT2D eigenvalue weighted by molar-refractivity contribution is -0.140. The molecule has 1 fully saturated rings. The molecule has 8 heteroatoms. The van der Waals surface area contributed by atoms with E-state index in [1.807, 2.05) is 0 Å². The Balaban J connectivity index is 1.72. The van der Waals surface area contributed by atoms with E-state index < -0.39 is 17.7 Å². The van der Waals surface area contributed by atoms with E-state index in [1.54, 1.807) is 61.7 Å². The maximum Gasteiger partial charge on any atom is 0.296 e. The summed E-state index contributed by atoms with van der Waals surface area (Å²) in [5, 5.41) is 11.4. The van der Waals surface area contributed by atoms with Crippen molar-refractivity contribution >= 4 is 17.4 Å². The Morgan fingerprint density at radius 1 is 0.925 bits per heavy atom. The molecule has 0 radical (unpaired) electrons. The number of benzene rings is 2. The quantitative estimate of drug-likeness (QED) is 0.104. The van der Waals surface area contributed by atoms with Crippen LogP contribution in [0.5, 0.6) is 17.2 Å². The van der Waals surface area contributed by atoms with Crippen molar-refractivity contribution in [2.45, 2.75) is 58.5 Å². The number of aliphatic hydroxyl groups is 1. The fourth-order valence-corrected chi connectivity index (χ4v) is 4.67. The third kappa shape index (κ3) is 6.50. The minimum atomic E-state index is -0.867. The molecule has 0 bridgehead atoms. The minimum Gasteiger partial charge on any atom is -0.507 e. The molecular weight excluding hydrogens is 510 g/mol. The van der Waals surface area contributed by atoms with Crippen LogP contribution in [0.1, 0.15) is 68.9 Å². The third-order valence-corrected chi connectivity index (χ3v) is 6.85. The lowest BCUT2D eigenvalue weighted by Gasteiger charge is -2.25. The summed E-state index contributed by atoms with van der Waals surface area (Å²) >= 11 is 0. The Morgan fingerprint density at radius 3 is 2.35 bits per heavy atom. The molecule has 0 aliphatic carbocycles. The van der Waals surface area contributed by atoms with Crippen LogP contribution in [0.4, 0.5) is 0 Å². The summed E-state index contributed by atoms with van der Waals surface area (Å²) in [5.41, 5.74) is 1.01. The van der Waals surface area contributed by atoms with Crippen molar-refractivity contribution in [3.8, 4) is 17.2 Å². The third-order valence-electron chi connectivity index (χ3n) is 6.85. The molecule has 4 rings (SSSR count). The van der Waals surface area contributed by atoms with Crippen molar-refractivity contribution in [1.82, 2.24) is 4.90 Å². The smallest absolute Gasteiger partial charge is 0.296 e. The first-order valence-corrected chi connectivity index (χ1v) is 13.8. The van der Waals surface area contributed by atoms with Gasteiger partial charge in [0.25, 0.3) is 11.7 Å². The molecule has 0 spiro atoms. The number of Topliss-reactive ketones (excluding diaryl/α,β-unsaturated/α-hetero) is 1. The van der Waals surface area contributed by atoms with Crippen LogP contribution < -0.4 is 14.2 Å². The highest BCUT2D eigenvalue weighted by Crippen LogP contribution is 2.43. The highest BCUT2D eigenvalue weighted by molar-refractivity contribution is 6.46. The van der Waals surface area contributed by atoms with Crippen LogP contribution in [0.3, 0.4) is 0 Å². The number of rotatable bonds is 14. The van der Waals surface area contributed by atoms with Crippen molar-refractivity contribution in [3.63, 3.8) is 0 Å². The number of hydrogen-bond donors (Lipinski definition) is 1. The van der Waals surface area contributed by atoms with Crippen molar-refractivity contribution in [2.24, 2.45) is 0 Å². The molecule has 0 saturated carbocycles. The average molecular weight is 548 g/mol. The lowest BCUT2D eigenvalue weighted by Crippen LogP contribution is -2.29. The molecule has 3 aromatic rings. The summed E-state index contributed by atoms with van der Waals surface area (Å²) in [5.74, 6) is 0.486. The van der Waals surface area contributed by atoms with Gasteiger partial charge in [-0.3, -0.25) is 9.59 Å². The SMILES string of the molecule is CCCCCOc1ccc(C2/C(=C(/O)c3ccc(OCCCC)cc3)C(=O)C(=O)N2Cc2ccco2)cc1OC. The fraction of sp³-hybridized carbons (Fsp3) is 0.375. The van der Waals surface area contributed by atoms with E-state index in [4.69, 9.17) is 18.6 Å². The van der Waals surface area contributed by atoms with Crippen molar-refractivity contribution in [3.05, 3.63) is 83.3 Å². The van der Waals surface area contributed by atoms with E-state index in [1.165, 1.54) is 11.2 Å². The Morgan fingerprint density at radius 2 is 1.68 bits per heavy atom. The van der Waals surface area contributed by atoms with Gasteiger partial charge in [0.15, 0.2) is 11.5 Å². The summed E-state index contributed by atoms with van der Waals surface area (Å²) in [6.07, 6.45) is 6.54. The second-order valence-corrected chi connectivity index (χ2v) is 9.70. The zero-order valence-electron chi connectivity index (χ0n) is 23.4. The number of likely N-dealkylation sites (tertiary alicyclic amines) is 1. The van der Waals surface area contributed by atoms with E-state index in [2.05, 4.69) is 13.8 Å². The van der Waals surface area contributed by atoms with Gasteiger partial charge in [0.05, 0.1) is 44.7 Å². The number of methoxy groups -OCH3 is 1. The van der Waals surface area contributed by atoms with Crippen LogP contribution in [0.15, 0.2) is 70.9 Å². The predicted octanol–water partition coefficient (Wildman–Crippen LogP) is 6.66. The first-order valence-electron chi connectivity index (χ1n) is 13.8. The zero-order valence-corrected chi connectivity index (χ0v) is 23.4. The highest BCUT2D eigenvalue weighted by Gasteiger charge is 2.46. The van der Waals surface area contributed by atoms with E-state index in [0.29, 0.717) is 47.3 Å². The minimum absolute atomic E-state index is 0.00475. The topological polar surface area (TPSA) is 98.4 Å². The molecule has 1 saturated heterocycles. The number of aliphatic hydroxyl groups excluding tert-OH is 1. The van der Waals surface area contributed by atoms with Gasteiger partial charge in [-0.2, -0.15) is 0 Å². The van der Waals surface area contributed by atoms with E-state index in [0.717, 1.165) is 32.1 Å². The van der Waals surface area contributed by atoms with Gasteiger partial charge in [-0.15, -0.1) is 0 Å². The molecular formula is C32H37NO7. The molecule has 1 amide bonds. The number of carbonyl (C=O) groups excluding carboxylic acids is 2. The molecule has 1 unspecified atom stereocenters. The van der Waals surface area contributed by atoms with Gasteiger partial charge in [-0.1, -0.05) is 39.2 Å². The van der Waals surface area contributed by atoms with Gasteiger partial charge in [0, 0.05) is 5.56 Å². The lowest BCUT2D eigenvalue weighted by atomic mass is 9.95. The molecule has 8 nitrogen and oxygen atoms in total. The number of hydrogen-bond acceptors (Lipinski definition) is 7. The Kier molecular flexibility index (Phi) is 9.89. The molecule has 1 N–H and O–H groups in total. The number of nitrogens with zero attached hydrogens (tertiary/aromatic N) is 1. The molecule has 1 aliphatic rings. The van der Waals surface area contributed by atoms with E-state index in [-0.39, 0.29) is 17.9 Å². The number of ether oxygens (including phenoxy) is 3. The van der Waals surface area contributed by atoms with Gasteiger partial charge >= 0.3 is 0 Å². The first kappa shape index (κ1) is 28.8. The average Bonchev–Trinajstić information content (AvgIpc) is 3.58. The number of furan rings is 1. The number of ketones is 1. The molecule has 1 atom stereocenters. The van der Waals surface area contributed by atoms with Gasteiger partial charge in [0.2, 0.25) is 0 Å². The molecule has 1 aliphatic heterocycles. The van der Waals surface area contributed by atoms with E-state index in [9.17, 15) is 14.7 Å². The van der Waals surface area contributed by atoms with Crippen molar-refractivity contribution in [1.29, 1.82) is 0 Å². The van der Waals surface area contributed by atoms with Crippen molar-refractivity contribution < 1.29 is 33.3 Å². The second-order valence-electron chi connectivity index (χ2n) is 9.70. The number of unbranched alkanes of at least 4 members (excludes halogenated alkanes) is 3. The van der Waals surface area contributed by atoms with Crippen molar-refractivity contribution in [2.75, 3.05) is 20.3 Å². The second kappa shape index (κ2) is 13.7. The van der Waals surface area contributed by atoms with Gasteiger partial charge in [0.1, 0.15) is 17.3 Å². The Hall–Kier alpha value is -4.20. The van der Waals surface area contributed by atoms with Crippen LogP contribution in [0.25, 0.3) is 5.76 Å². The molecule has 2 heterocycles. The maximum atomic E-state index is 13.4. The largest absolute Gasteiger partial charge is 0.507 e.